The average Bonchev–Trinajstić information content (AvgIpc) is 2.78. The van der Waals surface area contributed by atoms with E-state index in [0.29, 0.717) is 5.56 Å². The number of aromatic nitrogens is 1. The first-order valence-electron chi connectivity index (χ1n) is 4.54. The van der Waals surface area contributed by atoms with Crippen molar-refractivity contribution in [3.63, 3.8) is 0 Å². The molecule has 0 unspecified atom stereocenters. The van der Waals surface area contributed by atoms with Crippen molar-refractivity contribution in [2.45, 2.75) is 9.79 Å². The van der Waals surface area contributed by atoms with Crippen LogP contribution in [0.3, 0.4) is 0 Å². The Balaban J connectivity index is 2.26. The molecule has 0 atom stereocenters. The maximum absolute atomic E-state index is 10.7. The second-order valence-electron chi connectivity index (χ2n) is 3.04. The Morgan fingerprint density at radius 3 is 3.06 bits per heavy atom. The molecule has 0 aromatic carbocycles. The van der Waals surface area contributed by atoms with E-state index in [1.807, 2.05) is 0 Å². The third-order valence-corrected chi connectivity index (χ3v) is 4.00. The summed E-state index contributed by atoms with van der Waals surface area (Å²) in [4.78, 5) is 16.5. The summed E-state index contributed by atoms with van der Waals surface area (Å²) in [6.07, 6.45) is 3.15. The molecule has 0 saturated carbocycles. The lowest BCUT2D eigenvalue weighted by Gasteiger charge is -1.99. The van der Waals surface area contributed by atoms with Gasteiger partial charge in [0.1, 0.15) is 10.9 Å². The van der Waals surface area contributed by atoms with Gasteiger partial charge in [-0.2, -0.15) is 5.26 Å². The molecule has 0 aliphatic heterocycles. The predicted octanol–water partition coefficient (Wildman–Crippen LogP) is 2.86. The highest BCUT2D eigenvalue weighted by Crippen LogP contribution is 2.32. The van der Waals surface area contributed by atoms with Crippen molar-refractivity contribution < 1.29 is 9.90 Å². The zero-order valence-corrected chi connectivity index (χ0v) is 10.1. The van der Waals surface area contributed by atoms with Crippen molar-refractivity contribution in [2.75, 3.05) is 0 Å². The first kappa shape index (κ1) is 11.6. The SMILES string of the molecule is N#Cc1ccncc1Sc1csc(C(=O)O)c1. The van der Waals surface area contributed by atoms with Crippen LogP contribution in [0.15, 0.2) is 39.7 Å². The van der Waals surface area contributed by atoms with Crippen LogP contribution in [0.5, 0.6) is 0 Å². The number of aromatic carboxylic acids is 1. The molecule has 84 valence electrons. The fraction of sp³-hybridized carbons (Fsp3) is 0. The van der Waals surface area contributed by atoms with E-state index in [4.69, 9.17) is 10.4 Å². The molecule has 0 fully saturated rings. The number of hydrogen-bond acceptors (Lipinski definition) is 5. The number of carbonyl (C=O) groups is 1. The van der Waals surface area contributed by atoms with Gasteiger partial charge in [0.05, 0.1) is 5.56 Å². The standard InChI is InChI=1S/C11H6N2O2S2/c12-4-7-1-2-13-5-10(7)17-8-3-9(11(14)15)16-6-8/h1-3,5-6H,(H,14,15). The minimum absolute atomic E-state index is 0.287. The lowest BCUT2D eigenvalue weighted by Crippen LogP contribution is -1.89. The van der Waals surface area contributed by atoms with Crippen LogP contribution >= 0.6 is 23.1 Å². The lowest BCUT2D eigenvalue weighted by atomic mass is 10.3. The predicted molar refractivity (Wildman–Crippen MR) is 64.4 cm³/mol. The summed E-state index contributed by atoms with van der Waals surface area (Å²) in [6.45, 7) is 0. The zero-order chi connectivity index (χ0) is 12.3. The van der Waals surface area contributed by atoms with E-state index in [-0.39, 0.29) is 4.88 Å². The number of pyridine rings is 1. The molecule has 0 bridgehead atoms. The molecule has 17 heavy (non-hydrogen) atoms. The van der Waals surface area contributed by atoms with Gasteiger partial charge in [0.25, 0.3) is 0 Å². The van der Waals surface area contributed by atoms with E-state index in [0.717, 1.165) is 9.79 Å². The van der Waals surface area contributed by atoms with Gasteiger partial charge in [0.15, 0.2) is 0 Å². The highest BCUT2D eigenvalue weighted by atomic mass is 32.2. The Morgan fingerprint density at radius 1 is 1.59 bits per heavy atom. The number of carboxylic acid groups (broad SMARTS) is 1. The monoisotopic (exact) mass is 262 g/mol. The van der Waals surface area contributed by atoms with Crippen LogP contribution in [-0.2, 0) is 0 Å². The summed E-state index contributed by atoms with van der Waals surface area (Å²) in [5.74, 6) is -0.937. The van der Waals surface area contributed by atoms with Crippen LogP contribution in [0.1, 0.15) is 15.2 Å². The molecule has 4 nitrogen and oxygen atoms in total. The summed E-state index contributed by atoms with van der Waals surface area (Å²) in [5.41, 5.74) is 0.535. The summed E-state index contributed by atoms with van der Waals surface area (Å²) in [7, 11) is 0. The highest BCUT2D eigenvalue weighted by Gasteiger charge is 2.09. The van der Waals surface area contributed by atoms with Crippen molar-refractivity contribution in [3.05, 3.63) is 40.3 Å². The number of thiophene rings is 1. The average molecular weight is 262 g/mol. The normalized spacial score (nSPS) is 9.82. The summed E-state index contributed by atoms with van der Waals surface area (Å²) in [6, 6.07) is 5.29. The largest absolute Gasteiger partial charge is 0.477 e. The minimum Gasteiger partial charge on any atom is -0.477 e. The first-order valence-corrected chi connectivity index (χ1v) is 6.24. The second kappa shape index (κ2) is 4.99. The lowest BCUT2D eigenvalue weighted by molar-refractivity contribution is 0.0702. The zero-order valence-electron chi connectivity index (χ0n) is 8.45. The fourth-order valence-electron chi connectivity index (χ4n) is 1.17. The van der Waals surface area contributed by atoms with Crippen LogP contribution in [0.25, 0.3) is 0 Å². The first-order chi connectivity index (χ1) is 8.20. The molecular formula is C11H6N2O2S2. The number of nitriles is 1. The fourth-order valence-corrected chi connectivity index (χ4v) is 2.95. The van der Waals surface area contributed by atoms with Gasteiger partial charge in [0.2, 0.25) is 0 Å². The van der Waals surface area contributed by atoms with E-state index in [1.165, 1.54) is 23.1 Å². The molecule has 2 rings (SSSR count). The quantitative estimate of drug-likeness (QED) is 0.920. The number of carboxylic acids is 1. The Bertz CT molecular complexity index is 602. The van der Waals surface area contributed by atoms with Crippen molar-refractivity contribution in [1.82, 2.24) is 4.98 Å². The third kappa shape index (κ3) is 2.64. The molecule has 1 N–H and O–H groups in total. The maximum atomic E-state index is 10.7. The number of rotatable bonds is 3. The van der Waals surface area contributed by atoms with E-state index < -0.39 is 5.97 Å². The second-order valence-corrected chi connectivity index (χ2v) is 5.06. The highest BCUT2D eigenvalue weighted by molar-refractivity contribution is 7.99. The maximum Gasteiger partial charge on any atom is 0.345 e. The van der Waals surface area contributed by atoms with Crippen LogP contribution in [0.2, 0.25) is 0 Å². The van der Waals surface area contributed by atoms with E-state index in [1.54, 1.807) is 29.9 Å². The Labute approximate surface area is 106 Å². The molecule has 0 spiro atoms. The number of nitrogens with zero attached hydrogens (tertiary/aromatic N) is 2. The van der Waals surface area contributed by atoms with Gasteiger partial charge in [-0.3, -0.25) is 4.98 Å². The molecule has 0 aliphatic carbocycles. The smallest absolute Gasteiger partial charge is 0.345 e. The molecule has 2 aromatic rings. The summed E-state index contributed by atoms with van der Waals surface area (Å²) < 4.78 is 0. The molecule has 0 saturated heterocycles. The van der Waals surface area contributed by atoms with Crippen LogP contribution in [-0.4, -0.2) is 16.1 Å². The van der Waals surface area contributed by atoms with Gasteiger partial charge in [-0.1, -0.05) is 11.8 Å². The Hall–Kier alpha value is -1.84. The Morgan fingerprint density at radius 2 is 2.41 bits per heavy atom. The molecule has 2 aromatic heterocycles. The van der Waals surface area contributed by atoms with Gasteiger partial charge >= 0.3 is 5.97 Å². The van der Waals surface area contributed by atoms with Crippen LogP contribution in [0.4, 0.5) is 0 Å². The minimum atomic E-state index is -0.937. The van der Waals surface area contributed by atoms with Gasteiger partial charge in [-0.05, 0) is 12.1 Å². The third-order valence-electron chi connectivity index (χ3n) is 1.92. The van der Waals surface area contributed by atoms with Crippen molar-refractivity contribution in [2.24, 2.45) is 0 Å². The number of hydrogen-bond donors (Lipinski definition) is 1. The topological polar surface area (TPSA) is 74.0 Å². The van der Waals surface area contributed by atoms with E-state index in [2.05, 4.69) is 11.1 Å². The molecule has 2 heterocycles. The summed E-state index contributed by atoms with van der Waals surface area (Å²) >= 11 is 2.51. The summed E-state index contributed by atoms with van der Waals surface area (Å²) in [5, 5.41) is 19.5. The van der Waals surface area contributed by atoms with E-state index in [9.17, 15) is 4.79 Å². The van der Waals surface area contributed by atoms with Gasteiger partial charge in [-0.15, -0.1) is 11.3 Å². The molecule has 6 heteroatoms. The van der Waals surface area contributed by atoms with Crippen molar-refractivity contribution >= 4 is 29.1 Å². The van der Waals surface area contributed by atoms with Crippen molar-refractivity contribution in [1.29, 1.82) is 5.26 Å². The van der Waals surface area contributed by atoms with Gasteiger partial charge < -0.3 is 5.11 Å². The van der Waals surface area contributed by atoms with Gasteiger partial charge in [0, 0.05) is 27.6 Å². The van der Waals surface area contributed by atoms with Crippen LogP contribution < -0.4 is 0 Å². The Kier molecular flexibility index (Phi) is 3.42. The molecular weight excluding hydrogens is 256 g/mol. The van der Waals surface area contributed by atoms with E-state index >= 15 is 0 Å². The molecule has 0 radical (unpaired) electrons. The van der Waals surface area contributed by atoms with Crippen molar-refractivity contribution in [3.8, 4) is 6.07 Å². The van der Waals surface area contributed by atoms with Crippen LogP contribution in [0, 0.1) is 11.3 Å². The molecule has 0 amide bonds. The molecule has 0 aliphatic rings. The van der Waals surface area contributed by atoms with Gasteiger partial charge in [-0.25, -0.2) is 4.79 Å².